The third-order valence-electron chi connectivity index (χ3n) is 3.17. The quantitative estimate of drug-likeness (QED) is 0.162. The van der Waals surface area contributed by atoms with E-state index in [-0.39, 0.29) is 17.3 Å². The summed E-state index contributed by atoms with van der Waals surface area (Å²) in [4.78, 5) is 34.6. The Morgan fingerprint density at radius 2 is 2.22 bits per heavy atom. The van der Waals surface area contributed by atoms with Crippen LogP contribution in [0.4, 0.5) is 5.88 Å². The number of nitro groups is 1. The number of hydrogen-bond donors (Lipinski definition) is 1. The standard InChI is InChI=1S/C14H13N7O5S/c1-7-5-8(2)20-13(16-7)17-14(18-20)27-6-10(15)19-26-12(22)9-3-4-11(25-9)21(23)24/h3-5H,6H2,1-2H3,(H2,15,19). The Bertz CT molecular complexity index is 1060. The van der Waals surface area contributed by atoms with Crippen LogP contribution in [-0.4, -0.2) is 42.1 Å². The molecule has 3 rings (SSSR count). The van der Waals surface area contributed by atoms with Crippen molar-refractivity contribution in [3.05, 3.63) is 45.5 Å². The number of furan rings is 1. The molecule has 0 aliphatic heterocycles. The first kappa shape index (κ1) is 18.3. The first-order valence-corrected chi connectivity index (χ1v) is 8.44. The zero-order valence-corrected chi connectivity index (χ0v) is 15.0. The fourth-order valence-corrected chi connectivity index (χ4v) is 2.67. The van der Waals surface area contributed by atoms with Gasteiger partial charge in [-0.1, -0.05) is 16.9 Å². The lowest BCUT2D eigenvalue weighted by atomic mass is 10.4. The van der Waals surface area contributed by atoms with Gasteiger partial charge >= 0.3 is 11.9 Å². The molecule has 0 saturated heterocycles. The van der Waals surface area contributed by atoms with Crippen molar-refractivity contribution >= 4 is 35.2 Å². The smallest absolute Gasteiger partial charge is 0.393 e. The van der Waals surface area contributed by atoms with Crippen molar-refractivity contribution in [2.24, 2.45) is 10.9 Å². The molecule has 0 aromatic carbocycles. The zero-order chi connectivity index (χ0) is 19.6. The minimum atomic E-state index is -1.00. The van der Waals surface area contributed by atoms with E-state index < -0.39 is 16.8 Å². The average molecular weight is 391 g/mol. The molecule has 3 aromatic rings. The Hall–Kier alpha value is -3.48. The number of nitrogens with zero attached hydrogens (tertiary/aromatic N) is 6. The molecule has 0 aliphatic rings. The molecule has 0 bridgehead atoms. The van der Waals surface area contributed by atoms with Crippen molar-refractivity contribution in [3.63, 3.8) is 0 Å². The Morgan fingerprint density at radius 1 is 1.44 bits per heavy atom. The van der Waals surface area contributed by atoms with E-state index in [9.17, 15) is 14.9 Å². The van der Waals surface area contributed by atoms with E-state index in [1.165, 1.54) is 11.8 Å². The molecule has 0 spiro atoms. The van der Waals surface area contributed by atoms with Crippen LogP contribution in [0.1, 0.15) is 21.9 Å². The van der Waals surface area contributed by atoms with E-state index in [0.717, 1.165) is 23.5 Å². The molecule has 3 heterocycles. The number of nitrogens with two attached hydrogens (primary N) is 1. The maximum absolute atomic E-state index is 11.7. The largest absolute Gasteiger partial charge is 0.433 e. The monoisotopic (exact) mass is 391 g/mol. The molecule has 0 unspecified atom stereocenters. The topological polar surface area (TPSA) is 164 Å². The summed E-state index contributed by atoms with van der Waals surface area (Å²) in [5, 5.41) is 18.7. The van der Waals surface area contributed by atoms with Crippen molar-refractivity contribution in [3.8, 4) is 0 Å². The Kier molecular flexibility index (Phi) is 5.03. The lowest BCUT2D eigenvalue weighted by molar-refractivity contribution is -0.402. The van der Waals surface area contributed by atoms with Crippen LogP contribution >= 0.6 is 11.8 Å². The van der Waals surface area contributed by atoms with Crippen LogP contribution in [0.2, 0.25) is 0 Å². The van der Waals surface area contributed by atoms with E-state index >= 15 is 0 Å². The highest BCUT2D eigenvalue weighted by atomic mass is 32.2. The van der Waals surface area contributed by atoms with Gasteiger partial charge in [-0.05, 0) is 26.0 Å². The lowest BCUT2D eigenvalue weighted by Gasteiger charge is -1.98. The van der Waals surface area contributed by atoms with Gasteiger partial charge in [-0.15, -0.1) is 5.10 Å². The van der Waals surface area contributed by atoms with Crippen molar-refractivity contribution in [1.29, 1.82) is 0 Å². The first-order chi connectivity index (χ1) is 12.8. The third-order valence-corrected chi connectivity index (χ3v) is 4.04. The number of aromatic nitrogens is 4. The summed E-state index contributed by atoms with van der Waals surface area (Å²) in [6, 6.07) is 4.02. The van der Waals surface area contributed by atoms with Crippen molar-refractivity contribution < 1.29 is 19.0 Å². The second-order valence-corrected chi connectivity index (χ2v) is 6.23. The van der Waals surface area contributed by atoms with Crippen LogP contribution in [0, 0.1) is 24.0 Å². The number of fused-ring (bicyclic) bond motifs is 1. The number of aryl methyl sites for hydroxylation is 2. The van der Waals surface area contributed by atoms with Crippen LogP contribution in [0.25, 0.3) is 5.78 Å². The van der Waals surface area contributed by atoms with Gasteiger partial charge in [0.05, 0.1) is 11.8 Å². The number of amidine groups is 1. The van der Waals surface area contributed by atoms with Crippen molar-refractivity contribution in [2.45, 2.75) is 19.0 Å². The summed E-state index contributed by atoms with van der Waals surface area (Å²) in [5.74, 6) is -1.32. The Labute approximate surface area is 155 Å². The van der Waals surface area contributed by atoms with Gasteiger partial charge in [0.2, 0.25) is 10.9 Å². The molecule has 12 nitrogen and oxygen atoms in total. The molecule has 0 radical (unpaired) electrons. The van der Waals surface area contributed by atoms with E-state index in [0.29, 0.717) is 10.9 Å². The van der Waals surface area contributed by atoms with Gasteiger partial charge in [-0.2, -0.15) is 4.98 Å². The van der Waals surface area contributed by atoms with Crippen LogP contribution in [0.15, 0.2) is 32.9 Å². The summed E-state index contributed by atoms with van der Waals surface area (Å²) >= 11 is 1.18. The van der Waals surface area contributed by atoms with Crippen molar-refractivity contribution in [1.82, 2.24) is 19.6 Å². The molecular formula is C14H13N7O5S. The minimum Gasteiger partial charge on any atom is -0.393 e. The molecule has 13 heteroatoms. The third kappa shape index (κ3) is 4.20. The van der Waals surface area contributed by atoms with Gasteiger partial charge in [0.1, 0.15) is 4.92 Å². The second kappa shape index (κ2) is 7.41. The van der Waals surface area contributed by atoms with Gasteiger partial charge in [0.25, 0.3) is 5.78 Å². The predicted molar refractivity (Wildman–Crippen MR) is 93.4 cm³/mol. The minimum absolute atomic E-state index is 0.00544. The summed E-state index contributed by atoms with van der Waals surface area (Å²) in [7, 11) is 0. The molecule has 140 valence electrons. The Balaban J connectivity index is 1.60. The second-order valence-electron chi connectivity index (χ2n) is 5.29. The number of oxime groups is 1. The highest BCUT2D eigenvalue weighted by Gasteiger charge is 2.19. The molecule has 0 atom stereocenters. The van der Waals surface area contributed by atoms with Gasteiger partial charge in [-0.3, -0.25) is 10.1 Å². The molecule has 3 aromatic heterocycles. The van der Waals surface area contributed by atoms with E-state index in [1.807, 2.05) is 19.9 Å². The average Bonchev–Trinajstić information content (AvgIpc) is 3.24. The summed E-state index contributed by atoms with van der Waals surface area (Å²) < 4.78 is 6.31. The number of thioether (sulfide) groups is 1. The number of carbonyl (C=O) groups is 1. The summed E-state index contributed by atoms with van der Waals surface area (Å²) in [6.07, 6.45) is 0. The number of hydrogen-bond acceptors (Lipinski definition) is 10. The van der Waals surface area contributed by atoms with Gasteiger partial charge in [0.15, 0.2) is 5.84 Å². The van der Waals surface area contributed by atoms with Crippen LogP contribution in [-0.2, 0) is 4.84 Å². The molecule has 0 aliphatic carbocycles. The summed E-state index contributed by atoms with van der Waals surface area (Å²) in [5.41, 5.74) is 7.40. The fraction of sp³-hybridized carbons (Fsp3) is 0.214. The first-order valence-electron chi connectivity index (χ1n) is 7.45. The molecule has 2 N–H and O–H groups in total. The van der Waals surface area contributed by atoms with Crippen LogP contribution in [0.5, 0.6) is 0 Å². The van der Waals surface area contributed by atoms with Gasteiger partial charge < -0.3 is 15.0 Å². The molecule has 0 fully saturated rings. The number of carbonyl (C=O) groups excluding carboxylic acids is 1. The van der Waals surface area contributed by atoms with Gasteiger partial charge in [0, 0.05) is 11.4 Å². The van der Waals surface area contributed by atoms with Gasteiger partial charge in [-0.25, -0.2) is 14.3 Å². The fourth-order valence-electron chi connectivity index (χ4n) is 2.05. The lowest BCUT2D eigenvalue weighted by Crippen LogP contribution is -2.16. The zero-order valence-electron chi connectivity index (χ0n) is 14.1. The van der Waals surface area contributed by atoms with Crippen LogP contribution < -0.4 is 5.73 Å². The summed E-state index contributed by atoms with van der Waals surface area (Å²) in [6.45, 7) is 3.75. The molecule has 0 saturated carbocycles. The molecular weight excluding hydrogens is 378 g/mol. The Morgan fingerprint density at radius 3 is 2.93 bits per heavy atom. The SMILES string of the molecule is Cc1cc(C)n2nc(SC/C(N)=N\OC(=O)c3ccc([N+](=O)[O-])o3)nc2n1. The maximum Gasteiger partial charge on any atom is 0.433 e. The van der Waals surface area contributed by atoms with E-state index in [1.54, 1.807) is 4.52 Å². The normalized spacial score (nSPS) is 11.7. The predicted octanol–water partition coefficient (Wildman–Crippen LogP) is 1.46. The van der Waals surface area contributed by atoms with E-state index in [4.69, 9.17) is 10.2 Å². The maximum atomic E-state index is 11.7. The number of rotatable bonds is 6. The highest BCUT2D eigenvalue weighted by molar-refractivity contribution is 7.99. The molecule has 27 heavy (non-hydrogen) atoms. The van der Waals surface area contributed by atoms with Crippen molar-refractivity contribution in [2.75, 3.05) is 5.75 Å². The van der Waals surface area contributed by atoms with E-state index in [2.05, 4.69) is 25.1 Å². The van der Waals surface area contributed by atoms with Crippen LogP contribution in [0.3, 0.4) is 0 Å². The highest BCUT2D eigenvalue weighted by Crippen LogP contribution is 2.17. The molecule has 0 amide bonds.